The van der Waals surface area contributed by atoms with E-state index < -0.39 is 0 Å². The maximum atomic E-state index is 3.76. The second kappa shape index (κ2) is 5.13. The van der Waals surface area contributed by atoms with Crippen molar-refractivity contribution in [3.8, 4) is 0 Å². The van der Waals surface area contributed by atoms with Gasteiger partial charge in [-0.15, -0.1) is 0 Å². The predicted molar refractivity (Wildman–Crippen MR) is 54.7 cm³/mol. The lowest BCUT2D eigenvalue weighted by atomic mass is 10.3. The van der Waals surface area contributed by atoms with Crippen LogP contribution >= 0.6 is 0 Å². The molecule has 0 aliphatic carbocycles. The summed E-state index contributed by atoms with van der Waals surface area (Å²) < 4.78 is 0. The van der Waals surface area contributed by atoms with Gasteiger partial charge in [0, 0.05) is 12.9 Å². The van der Waals surface area contributed by atoms with Gasteiger partial charge in [-0.3, -0.25) is 0 Å². The first-order valence-electron chi connectivity index (χ1n) is 3.52. The zero-order chi connectivity index (χ0) is 9.56. The molecule has 0 saturated heterocycles. The first-order chi connectivity index (χ1) is 5.61. The maximum absolute atomic E-state index is 3.76. The zero-order valence-corrected chi connectivity index (χ0v) is 7.45. The van der Waals surface area contributed by atoms with E-state index in [1.54, 1.807) is 6.08 Å². The van der Waals surface area contributed by atoms with Gasteiger partial charge in [-0.1, -0.05) is 31.4 Å². The molecule has 0 radical (unpaired) electrons. The SMILES string of the molecule is C=CN(N=C)C(=C)/C=C\C(=C)C. The summed E-state index contributed by atoms with van der Waals surface area (Å²) in [6.07, 6.45) is 5.20. The molecule has 2 nitrogen and oxygen atoms in total. The highest BCUT2D eigenvalue weighted by Gasteiger charge is 1.93. The lowest BCUT2D eigenvalue weighted by Crippen LogP contribution is -2.04. The lowest BCUT2D eigenvalue weighted by Gasteiger charge is -2.11. The van der Waals surface area contributed by atoms with Crippen molar-refractivity contribution in [2.24, 2.45) is 5.10 Å². The number of hydrazone groups is 1. The topological polar surface area (TPSA) is 15.6 Å². The van der Waals surface area contributed by atoms with Crippen molar-refractivity contribution in [2.75, 3.05) is 0 Å². The quantitative estimate of drug-likeness (QED) is 0.345. The largest absolute Gasteiger partial charge is 0.243 e. The Kier molecular flexibility index (Phi) is 4.46. The molecule has 2 heteroatoms. The molecule has 0 aromatic carbocycles. The van der Waals surface area contributed by atoms with Gasteiger partial charge < -0.3 is 0 Å². The normalized spacial score (nSPS) is 9.42. The summed E-state index contributed by atoms with van der Waals surface area (Å²) in [5.74, 6) is 0. The average molecular weight is 162 g/mol. The van der Waals surface area contributed by atoms with E-state index in [1.165, 1.54) is 11.2 Å². The van der Waals surface area contributed by atoms with Gasteiger partial charge in [-0.2, -0.15) is 5.10 Å². The first kappa shape index (κ1) is 10.4. The molecule has 0 bridgehead atoms. The molecule has 0 heterocycles. The Labute approximate surface area is 73.9 Å². The van der Waals surface area contributed by atoms with Crippen LogP contribution in [0.3, 0.4) is 0 Å². The van der Waals surface area contributed by atoms with Crippen LogP contribution in [0, 0.1) is 0 Å². The van der Waals surface area contributed by atoms with E-state index in [0.717, 1.165) is 5.57 Å². The molecule has 0 N–H and O–H groups in total. The van der Waals surface area contributed by atoms with Crippen LogP contribution < -0.4 is 0 Å². The van der Waals surface area contributed by atoms with Crippen LogP contribution in [0.2, 0.25) is 0 Å². The maximum Gasteiger partial charge on any atom is 0.0573 e. The highest BCUT2D eigenvalue weighted by atomic mass is 15.4. The van der Waals surface area contributed by atoms with Crippen LogP contribution in [0.1, 0.15) is 6.92 Å². The van der Waals surface area contributed by atoms with E-state index in [-0.39, 0.29) is 0 Å². The Balaban J connectivity index is 4.28. The third-order valence-corrected chi connectivity index (χ3v) is 1.18. The van der Waals surface area contributed by atoms with E-state index in [2.05, 4.69) is 31.6 Å². The Morgan fingerprint density at radius 3 is 2.25 bits per heavy atom. The molecule has 0 saturated carbocycles. The molecule has 0 aliphatic rings. The molecule has 0 aromatic heterocycles. The summed E-state index contributed by atoms with van der Waals surface area (Å²) in [6.45, 7) is 16.3. The predicted octanol–water partition coefficient (Wildman–Crippen LogP) is 2.69. The lowest BCUT2D eigenvalue weighted by molar-refractivity contribution is 0.523. The van der Waals surface area contributed by atoms with Crippen molar-refractivity contribution in [3.63, 3.8) is 0 Å². The Morgan fingerprint density at radius 1 is 1.33 bits per heavy atom. The number of allylic oxidation sites excluding steroid dienone is 3. The van der Waals surface area contributed by atoms with E-state index in [0.29, 0.717) is 5.70 Å². The van der Waals surface area contributed by atoms with Gasteiger partial charge in [0.1, 0.15) is 0 Å². The number of rotatable bonds is 5. The molecule has 0 fully saturated rings. The summed E-state index contributed by atoms with van der Waals surface area (Å²) >= 11 is 0. The van der Waals surface area contributed by atoms with E-state index >= 15 is 0 Å². The Bertz CT molecular complexity index is 228. The highest BCUT2D eigenvalue weighted by molar-refractivity contribution is 5.27. The van der Waals surface area contributed by atoms with Gasteiger partial charge in [-0.05, 0) is 13.0 Å². The minimum Gasteiger partial charge on any atom is -0.243 e. The average Bonchev–Trinajstić information content (AvgIpc) is 2.03. The molecule has 0 amide bonds. The molecule has 64 valence electrons. The molecule has 0 rings (SSSR count). The fraction of sp³-hybridized carbons (Fsp3) is 0.100. The van der Waals surface area contributed by atoms with Crippen LogP contribution in [-0.2, 0) is 0 Å². The third-order valence-electron chi connectivity index (χ3n) is 1.18. The molecule has 0 spiro atoms. The van der Waals surface area contributed by atoms with Gasteiger partial charge in [0.15, 0.2) is 0 Å². The summed E-state index contributed by atoms with van der Waals surface area (Å²) in [7, 11) is 0. The summed E-state index contributed by atoms with van der Waals surface area (Å²) in [5, 5.41) is 5.15. The molecular formula is C10H14N2. The van der Waals surface area contributed by atoms with Gasteiger partial charge in [-0.25, -0.2) is 5.01 Å². The van der Waals surface area contributed by atoms with Crippen molar-refractivity contribution >= 4 is 6.72 Å². The fourth-order valence-electron chi connectivity index (χ4n) is 0.581. The zero-order valence-electron chi connectivity index (χ0n) is 7.45. The summed E-state index contributed by atoms with van der Waals surface area (Å²) in [5.41, 5.74) is 1.67. The second-order valence-corrected chi connectivity index (χ2v) is 2.34. The molecule has 12 heavy (non-hydrogen) atoms. The monoisotopic (exact) mass is 162 g/mol. The number of hydrogen-bond donors (Lipinski definition) is 0. The van der Waals surface area contributed by atoms with Crippen molar-refractivity contribution in [3.05, 3.63) is 49.4 Å². The van der Waals surface area contributed by atoms with E-state index in [1.807, 2.05) is 13.0 Å². The van der Waals surface area contributed by atoms with Crippen LogP contribution in [0.15, 0.2) is 54.5 Å². The third kappa shape index (κ3) is 3.56. The molecule has 0 aliphatic heterocycles. The van der Waals surface area contributed by atoms with Crippen molar-refractivity contribution < 1.29 is 0 Å². The van der Waals surface area contributed by atoms with Crippen LogP contribution in [-0.4, -0.2) is 11.7 Å². The van der Waals surface area contributed by atoms with E-state index in [9.17, 15) is 0 Å². The van der Waals surface area contributed by atoms with Gasteiger partial charge in [0.05, 0.1) is 5.70 Å². The van der Waals surface area contributed by atoms with Crippen molar-refractivity contribution in [1.82, 2.24) is 5.01 Å². The number of nitrogens with zero attached hydrogens (tertiary/aromatic N) is 2. The van der Waals surface area contributed by atoms with Crippen LogP contribution in [0.25, 0.3) is 0 Å². The molecule has 0 atom stereocenters. The van der Waals surface area contributed by atoms with Crippen molar-refractivity contribution in [2.45, 2.75) is 6.92 Å². The summed E-state index contributed by atoms with van der Waals surface area (Å²) in [4.78, 5) is 0. The second-order valence-electron chi connectivity index (χ2n) is 2.34. The summed E-state index contributed by atoms with van der Waals surface area (Å²) in [6, 6.07) is 0. The molecular weight excluding hydrogens is 148 g/mol. The van der Waals surface area contributed by atoms with Crippen LogP contribution in [0.5, 0.6) is 0 Å². The molecule has 0 aromatic rings. The Hall–Kier alpha value is -1.57. The van der Waals surface area contributed by atoms with E-state index in [4.69, 9.17) is 0 Å². The smallest absolute Gasteiger partial charge is 0.0573 e. The Morgan fingerprint density at radius 2 is 1.92 bits per heavy atom. The standard InChI is InChI=1S/C10H14N2/c1-6-12(11-5)10(4)8-7-9(2)3/h6-8H,1-2,4-5H2,3H3/b8-7-. The van der Waals surface area contributed by atoms with Gasteiger partial charge in [0.2, 0.25) is 0 Å². The highest BCUT2D eigenvalue weighted by Crippen LogP contribution is 2.04. The minimum atomic E-state index is 0.711. The molecule has 0 unspecified atom stereocenters. The number of hydrogen-bond acceptors (Lipinski definition) is 2. The van der Waals surface area contributed by atoms with Crippen molar-refractivity contribution in [1.29, 1.82) is 0 Å². The minimum absolute atomic E-state index is 0.711. The van der Waals surface area contributed by atoms with Gasteiger partial charge in [0.25, 0.3) is 0 Å². The van der Waals surface area contributed by atoms with Crippen LogP contribution in [0.4, 0.5) is 0 Å². The first-order valence-corrected chi connectivity index (χ1v) is 3.52. The fourth-order valence-corrected chi connectivity index (χ4v) is 0.581. The van der Waals surface area contributed by atoms with Gasteiger partial charge >= 0.3 is 0 Å².